The Morgan fingerprint density at radius 2 is 2.15 bits per heavy atom. The van der Waals surface area contributed by atoms with Crippen LogP contribution < -0.4 is 5.32 Å². The molecule has 4 nitrogen and oxygen atoms in total. The Bertz CT molecular complexity index is 377. The molecule has 0 spiro atoms. The highest BCUT2D eigenvalue weighted by Gasteiger charge is 2.12. The van der Waals surface area contributed by atoms with Crippen molar-refractivity contribution in [3.05, 3.63) is 34.3 Å². The van der Waals surface area contributed by atoms with Gasteiger partial charge in [-0.2, -0.15) is 0 Å². The van der Waals surface area contributed by atoms with Gasteiger partial charge in [0, 0.05) is 37.3 Å². The second-order valence-electron chi connectivity index (χ2n) is 4.74. The predicted molar refractivity (Wildman–Crippen MR) is 86.0 cm³/mol. The van der Waals surface area contributed by atoms with Gasteiger partial charge in [0.25, 0.3) is 0 Å². The summed E-state index contributed by atoms with van der Waals surface area (Å²) in [5, 5.41) is 12.5. The van der Waals surface area contributed by atoms with Crippen LogP contribution in [0.1, 0.15) is 18.0 Å². The van der Waals surface area contributed by atoms with Crippen LogP contribution in [0.15, 0.2) is 28.7 Å². The molecule has 0 bridgehead atoms. The number of nitrogens with one attached hydrogen (secondary N) is 1. The number of hydrogen-bond acceptors (Lipinski definition) is 4. The fourth-order valence-corrected chi connectivity index (χ4v) is 2.63. The van der Waals surface area contributed by atoms with E-state index in [1.54, 1.807) is 7.11 Å². The van der Waals surface area contributed by atoms with Gasteiger partial charge in [0.1, 0.15) is 0 Å². The molecule has 2 N–H and O–H groups in total. The normalized spacial score (nSPS) is 12.8. The molecule has 0 saturated heterocycles. The zero-order chi connectivity index (χ0) is 14.8. The van der Waals surface area contributed by atoms with Crippen LogP contribution in [-0.4, -0.2) is 57.0 Å². The monoisotopic (exact) mass is 344 g/mol. The van der Waals surface area contributed by atoms with Gasteiger partial charge in [0.2, 0.25) is 0 Å². The first-order valence-electron chi connectivity index (χ1n) is 6.96. The van der Waals surface area contributed by atoms with E-state index in [4.69, 9.17) is 9.84 Å². The summed E-state index contributed by atoms with van der Waals surface area (Å²) >= 11 is 3.51. The molecule has 0 fully saturated rings. The van der Waals surface area contributed by atoms with E-state index in [0.29, 0.717) is 19.2 Å². The molecule has 1 rings (SSSR count). The van der Waals surface area contributed by atoms with Crippen LogP contribution in [0.4, 0.5) is 0 Å². The molecule has 20 heavy (non-hydrogen) atoms. The largest absolute Gasteiger partial charge is 0.395 e. The van der Waals surface area contributed by atoms with E-state index in [1.807, 2.05) is 13.1 Å². The highest BCUT2D eigenvalue weighted by Crippen LogP contribution is 2.20. The van der Waals surface area contributed by atoms with E-state index in [1.165, 1.54) is 5.56 Å². The molecule has 1 aromatic rings. The van der Waals surface area contributed by atoms with Gasteiger partial charge in [-0.1, -0.05) is 28.1 Å². The number of aliphatic hydroxyl groups excluding tert-OH is 1. The smallest absolute Gasteiger partial charge is 0.0589 e. The summed E-state index contributed by atoms with van der Waals surface area (Å²) in [6.07, 6.45) is 0.997. The summed E-state index contributed by atoms with van der Waals surface area (Å²) in [7, 11) is 3.69. The molecule has 0 saturated carbocycles. The Labute approximate surface area is 130 Å². The number of rotatable bonds is 10. The van der Waals surface area contributed by atoms with Crippen molar-refractivity contribution in [2.45, 2.75) is 12.5 Å². The lowest BCUT2D eigenvalue weighted by molar-refractivity contribution is 0.128. The Balaban J connectivity index is 2.54. The number of ether oxygens (including phenoxy) is 1. The molecule has 1 aromatic carbocycles. The second kappa shape index (κ2) is 10.3. The van der Waals surface area contributed by atoms with Crippen LogP contribution in [0.2, 0.25) is 0 Å². The lowest BCUT2D eigenvalue weighted by atomic mass is 10.0. The number of benzene rings is 1. The molecule has 5 heteroatoms. The Morgan fingerprint density at radius 1 is 1.35 bits per heavy atom. The van der Waals surface area contributed by atoms with Crippen molar-refractivity contribution in [3.8, 4) is 0 Å². The Kier molecular flexibility index (Phi) is 9.05. The summed E-state index contributed by atoms with van der Waals surface area (Å²) in [5.41, 5.74) is 1.28. The molecule has 0 aliphatic heterocycles. The van der Waals surface area contributed by atoms with E-state index in [2.05, 4.69) is 44.3 Å². The summed E-state index contributed by atoms with van der Waals surface area (Å²) in [4.78, 5) is 2.23. The first-order chi connectivity index (χ1) is 9.71. The predicted octanol–water partition coefficient (Wildman–Crippen LogP) is 2.04. The van der Waals surface area contributed by atoms with Crippen molar-refractivity contribution >= 4 is 15.9 Å². The first kappa shape index (κ1) is 17.6. The van der Waals surface area contributed by atoms with E-state index in [0.717, 1.165) is 24.0 Å². The quantitative estimate of drug-likeness (QED) is 0.681. The first-order valence-corrected chi connectivity index (χ1v) is 7.75. The highest BCUT2D eigenvalue weighted by molar-refractivity contribution is 9.10. The van der Waals surface area contributed by atoms with Gasteiger partial charge < -0.3 is 15.2 Å². The molecular weight excluding hydrogens is 320 g/mol. The van der Waals surface area contributed by atoms with Gasteiger partial charge in [-0.25, -0.2) is 0 Å². The molecule has 114 valence electrons. The Hall–Kier alpha value is -0.460. The van der Waals surface area contributed by atoms with Crippen molar-refractivity contribution in [2.75, 3.05) is 47.0 Å². The SMILES string of the molecule is CNC(CCN(CCO)CCOC)c1cccc(Br)c1. The molecule has 0 aliphatic carbocycles. The van der Waals surface area contributed by atoms with Crippen LogP contribution in [0.25, 0.3) is 0 Å². The third-order valence-electron chi connectivity index (χ3n) is 3.36. The number of halogens is 1. The highest BCUT2D eigenvalue weighted by atomic mass is 79.9. The van der Waals surface area contributed by atoms with Crippen LogP contribution in [-0.2, 0) is 4.74 Å². The van der Waals surface area contributed by atoms with Crippen LogP contribution in [0.5, 0.6) is 0 Å². The molecule has 0 amide bonds. The zero-order valence-electron chi connectivity index (χ0n) is 12.3. The van der Waals surface area contributed by atoms with Gasteiger partial charge >= 0.3 is 0 Å². The number of hydrogen-bond donors (Lipinski definition) is 2. The van der Waals surface area contributed by atoms with Gasteiger partial charge in [0.15, 0.2) is 0 Å². The van der Waals surface area contributed by atoms with Crippen molar-refractivity contribution in [3.63, 3.8) is 0 Å². The average molecular weight is 345 g/mol. The minimum absolute atomic E-state index is 0.185. The summed E-state index contributed by atoms with van der Waals surface area (Å²) in [6.45, 7) is 3.36. The van der Waals surface area contributed by atoms with Crippen molar-refractivity contribution < 1.29 is 9.84 Å². The molecule has 0 aliphatic rings. The molecule has 1 unspecified atom stereocenters. The van der Waals surface area contributed by atoms with Gasteiger partial charge in [-0.3, -0.25) is 4.90 Å². The maximum absolute atomic E-state index is 9.11. The molecule has 0 aromatic heterocycles. The van der Waals surface area contributed by atoms with Gasteiger partial charge in [0.05, 0.1) is 13.2 Å². The number of nitrogens with zero attached hydrogens (tertiary/aromatic N) is 1. The fourth-order valence-electron chi connectivity index (χ4n) is 2.21. The van der Waals surface area contributed by atoms with Crippen LogP contribution in [0, 0.1) is 0 Å². The van der Waals surface area contributed by atoms with Crippen molar-refractivity contribution in [1.82, 2.24) is 10.2 Å². The maximum Gasteiger partial charge on any atom is 0.0589 e. The zero-order valence-corrected chi connectivity index (χ0v) is 13.9. The standard InChI is InChI=1S/C15H25BrN2O2/c1-17-15(13-4-3-5-14(16)12-13)6-7-18(8-10-19)9-11-20-2/h3-5,12,15,17,19H,6-11H2,1-2H3. The average Bonchev–Trinajstić information content (AvgIpc) is 2.45. The minimum atomic E-state index is 0.185. The van der Waals surface area contributed by atoms with E-state index < -0.39 is 0 Å². The molecule has 0 heterocycles. The minimum Gasteiger partial charge on any atom is -0.395 e. The molecule has 1 atom stereocenters. The summed E-state index contributed by atoms with van der Waals surface area (Å²) < 4.78 is 6.21. The fraction of sp³-hybridized carbons (Fsp3) is 0.600. The van der Waals surface area contributed by atoms with E-state index >= 15 is 0 Å². The Morgan fingerprint density at radius 3 is 2.75 bits per heavy atom. The number of aliphatic hydroxyl groups is 1. The van der Waals surface area contributed by atoms with Crippen molar-refractivity contribution in [1.29, 1.82) is 0 Å². The number of methoxy groups -OCH3 is 1. The summed E-state index contributed by atoms with van der Waals surface area (Å²) in [6, 6.07) is 8.69. The van der Waals surface area contributed by atoms with E-state index in [-0.39, 0.29) is 6.61 Å². The van der Waals surface area contributed by atoms with E-state index in [9.17, 15) is 0 Å². The third-order valence-corrected chi connectivity index (χ3v) is 3.85. The van der Waals surface area contributed by atoms with Gasteiger partial charge in [-0.15, -0.1) is 0 Å². The van der Waals surface area contributed by atoms with Crippen molar-refractivity contribution in [2.24, 2.45) is 0 Å². The maximum atomic E-state index is 9.11. The molecular formula is C15H25BrN2O2. The topological polar surface area (TPSA) is 44.7 Å². The second-order valence-corrected chi connectivity index (χ2v) is 5.66. The molecule has 0 radical (unpaired) electrons. The third kappa shape index (κ3) is 6.33. The van der Waals surface area contributed by atoms with Crippen LogP contribution in [0.3, 0.4) is 0 Å². The lowest BCUT2D eigenvalue weighted by Crippen LogP contribution is -2.33. The lowest BCUT2D eigenvalue weighted by Gasteiger charge is -2.24. The van der Waals surface area contributed by atoms with Gasteiger partial charge in [-0.05, 0) is 31.2 Å². The summed E-state index contributed by atoms with van der Waals surface area (Å²) in [5.74, 6) is 0. The van der Waals surface area contributed by atoms with Crippen LogP contribution >= 0.6 is 15.9 Å².